The minimum absolute atomic E-state index is 0.0811. The van der Waals surface area contributed by atoms with E-state index in [2.05, 4.69) is 60.8 Å². The number of aliphatic hydroxyl groups excluding tert-OH is 1. The molecule has 0 saturated heterocycles. The van der Waals surface area contributed by atoms with Crippen LogP contribution in [0.4, 0.5) is 34.9 Å². The van der Waals surface area contributed by atoms with Crippen molar-refractivity contribution < 1.29 is 24.2 Å². The molecule has 76 heavy (non-hydrogen) atoms. The van der Waals surface area contributed by atoms with Crippen LogP contribution in [-0.2, 0) is 0 Å². The third-order valence-corrected chi connectivity index (χ3v) is 15.5. The molecule has 0 aromatic carbocycles. The Morgan fingerprint density at radius 3 is 1.55 bits per heavy atom. The van der Waals surface area contributed by atoms with Crippen LogP contribution in [0.2, 0.25) is 5.02 Å². The highest BCUT2D eigenvalue weighted by Gasteiger charge is 2.28. The normalized spacial score (nSPS) is 13.2. The van der Waals surface area contributed by atoms with Gasteiger partial charge in [-0.05, 0) is 64.7 Å². The number of thiophene rings is 3. The first-order valence-electron chi connectivity index (χ1n) is 23.9. The average molecular weight is 1100 g/mol. The van der Waals surface area contributed by atoms with Crippen molar-refractivity contribution in [1.82, 2.24) is 44.9 Å². The number of nitrogen functional groups attached to an aromatic ring is 3. The molecule has 11 rings (SSSR count). The Kier molecular flexibility index (Phi) is 15.2. The van der Waals surface area contributed by atoms with E-state index in [1.807, 2.05) is 26.8 Å². The number of ketones is 3. The number of fused-ring (bicyclic) bond motifs is 3. The highest BCUT2D eigenvalue weighted by molar-refractivity contribution is 7.22. The van der Waals surface area contributed by atoms with Crippen LogP contribution in [0, 0.1) is 0 Å². The van der Waals surface area contributed by atoms with E-state index in [1.165, 1.54) is 60.8 Å². The number of H-pyrrole nitrogens is 1. The summed E-state index contributed by atoms with van der Waals surface area (Å²) in [4.78, 5) is 88.7. The molecule has 9 aromatic heterocycles. The number of aromatic amines is 1. The molecule has 0 amide bonds. The Balaban J connectivity index is 0.000000140. The Hall–Kier alpha value is -7.77. The minimum Gasteiger partial charge on any atom is -0.492 e. The summed E-state index contributed by atoms with van der Waals surface area (Å²) in [6, 6.07) is 7.54. The van der Waals surface area contributed by atoms with E-state index in [0.29, 0.717) is 132 Å². The molecule has 2 aliphatic carbocycles. The third-order valence-electron chi connectivity index (χ3n) is 11.7. The first kappa shape index (κ1) is 53.1. The number of rotatable bonds is 15. The number of Topliss-reactive ketones (excluding diaryl/α,β-unsaturated/α-hetero) is 3. The second-order valence-corrected chi connectivity index (χ2v) is 22.0. The van der Waals surface area contributed by atoms with Crippen LogP contribution >= 0.6 is 45.6 Å². The van der Waals surface area contributed by atoms with Crippen molar-refractivity contribution in [2.24, 2.45) is 0 Å². The smallest absolute Gasteiger partial charge is 0.247 e. The van der Waals surface area contributed by atoms with Gasteiger partial charge >= 0.3 is 0 Å². The second-order valence-electron chi connectivity index (χ2n) is 18.6. The van der Waals surface area contributed by atoms with Gasteiger partial charge in [0.05, 0.1) is 94.9 Å². The number of anilines is 6. The van der Waals surface area contributed by atoms with Gasteiger partial charge in [-0.15, -0.1) is 34.0 Å². The molecule has 9 heterocycles. The van der Waals surface area contributed by atoms with Crippen molar-refractivity contribution >= 4 is 129 Å². The number of nitrogens with one attached hydrogen (secondary N) is 4. The first-order chi connectivity index (χ1) is 36.3. The van der Waals surface area contributed by atoms with Crippen LogP contribution in [0.3, 0.4) is 0 Å². The summed E-state index contributed by atoms with van der Waals surface area (Å²) >= 11 is 9.85. The number of carbonyl (C=O) groups is 3. The number of aromatic nitrogens is 9. The molecular formula is C51H52ClN15O6S3. The van der Waals surface area contributed by atoms with E-state index < -0.39 is 5.54 Å². The average Bonchev–Trinajstić information content (AvgIpc) is 4.35. The van der Waals surface area contributed by atoms with Gasteiger partial charge in [-0.3, -0.25) is 29.1 Å². The lowest BCUT2D eigenvalue weighted by Gasteiger charge is -2.23. The van der Waals surface area contributed by atoms with E-state index in [9.17, 15) is 24.3 Å². The number of ether oxygens (including phenoxy) is 1. The first-order valence-corrected chi connectivity index (χ1v) is 26.8. The number of nitrogens with zero attached hydrogens (tertiary/aromatic N) is 8. The molecule has 0 spiro atoms. The summed E-state index contributed by atoms with van der Waals surface area (Å²) in [5.41, 5.74) is 23.0. The highest BCUT2D eigenvalue weighted by atomic mass is 35.5. The number of pyridine rings is 3. The molecule has 2 fully saturated rings. The Labute approximate surface area is 451 Å². The third kappa shape index (κ3) is 11.7. The molecule has 21 nitrogen and oxygen atoms in total. The molecule has 0 bridgehead atoms. The number of hydrogen-bond acceptors (Lipinski definition) is 23. The standard InChI is InChI=1S/C19H23N5O3S.C16H14ClN5OS.C16H15N5O2S/c1-5-27-12-6-11(7-21-8-12)15-13-14(20)16(10(2)26)28-17(13)23-18(22-15)24-19(3,4)9-25;1-7(23)14-12(18)11-13(8-4-9(17)6-19-5-8)21-16(20-10-2-3-10)22-15(11)24-14;1-7(22)14-12(17)11-13(8-2-5-10(23)18-6-8)20-16(19-9-3-4-9)21-15(11)24-14/h6-8,25H,5,9,20H2,1-4H3,(H,22,23,24);4-6,10H,2-3,18H2,1H3,(H,20,21,22);2,5-6,9H,3-4,17H2,1H3,(H,18,23)(H,19,20,21). The van der Waals surface area contributed by atoms with E-state index in [4.69, 9.17) is 33.5 Å². The molecule has 2 aliphatic rings. The van der Waals surface area contributed by atoms with Crippen LogP contribution in [0.1, 0.15) is 96.2 Å². The van der Waals surface area contributed by atoms with Crippen LogP contribution in [-0.4, -0.2) is 98.1 Å². The summed E-state index contributed by atoms with van der Waals surface area (Å²) in [6.45, 7) is 10.4. The molecule has 0 radical (unpaired) electrons. The Bertz CT molecular complexity index is 3770. The van der Waals surface area contributed by atoms with Gasteiger partial charge in [0.15, 0.2) is 17.3 Å². The number of nitrogens with two attached hydrogens (primary N) is 3. The van der Waals surface area contributed by atoms with Gasteiger partial charge in [-0.25, -0.2) is 29.9 Å². The van der Waals surface area contributed by atoms with E-state index >= 15 is 0 Å². The number of halogens is 1. The molecule has 2 saturated carbocycles. The molecule has 392 valence electrons. The van der Waals surface area contributed by atoms with Crippen molar-refractivity contribution in [1.29, 1.82) is 0 Å². The van der Waals surface area contributed by atoms with Gasteiger partial charge in [0, 0.05) is 80.4 Å². The number of carbonyl (C=O) groups excluding carboxylic acids is 3. The molecule has 0 aliphatic heterocycles. The van der Waals surface area contributed by atoms with Crippen molar-refractivity contribution in [2.75, 3.05) is 46.4 Å². The molecule has 25 heteroatoms. The predicted molar refractivity (Wildman–Crippen MR) is 302 cm³/mol. The number of hydrogen-bond donors (Lipinski definition) is 8. The van der Waals surface area contributed by atoms with Crippen LogP contribution in [0.5, 0.6) is 5.75 Å². The van der Waals surface area contributed by atoms with Gasteiger partial charge in [0.25, 0.3) is 0 Å². The summed E-state index contributed by atoms with van der Waals surface area (Å²) in [6.07, 6.45) is 12.5. The van der Waals surface area contributed by atoms with Crippen LogP contribution < -0.4 is 43.4 Å². The second kappa shape index (κ2) is 21.8. The van der Waals surface area contributed by atoms with Gasteiger partial charge < -0.3 is 48.0 Å². The summed E-state index contributed by atoms with van der Waals surface area (Å²) in [7, 11) is 0. The quantitative estimate of drug-likeness (QED) is 0.0443. The monoisotopic (exact) mass is 1100 g/mol. The van der Waals surface area contributed by atoms with Crippen molar-refractivity contribution in [3.63, 3.8) is 0 Å². The molecule has 9 aromatic rings. The lowest BCUT2D eigenvalue weighted by Crippen LogP contribution is -2.35. The maximum absolute atomic E-state index is 12.0. The predicted octanol–water partition coefficient (Wildman–Crippen LogP) is 9.29. The lowest BCUT2D eigenvalue weighted by molar-refractivity contribution is 0.101. The molecule has 0 atom stereocenters. The minimum atomic E-state index is -0.622. The fourth-order valence-electron chi connectivity index (χ4n) is 7.72. The van der Waals surface area contributed by atoms with E-state index in [0.717, 1.165) is 36.8 Å². The van der Waals surface area contributed by atoms with Gasteiger partial charge in [0.2, 0.25) is 23.4 Å². The maximum Gasteiger partial charge on any atom is 0.247 e. The SMILES string of the molecule is CC(=O)c1sc2nc(NC3CC3)nc(-c3ccc(=O)[nH]c3)c2c1N.CC(=O)c1sc2nc(NC3CC3)nc(-c3cncc(Cl)c3)c2c1N.CCOc1cncc(-c2nc(NC(C)(C)CO)nc3sc(C(C)=O)c(N)c23)c1. The molecule has 0 unspecified atom stereocenters. The molecular weight excluding hydrogens is 1050 g/mol. The van der Waals surface area contributed by atoms with E-state index in [-0.39, 0.29) is 29.5 Å². The summed E-state index contributed by atoms with van der Waals surface area (Å²) < 4.78 is 5.54. The summed E-state index contributed by atoms with van der Waals surface area (Å²) in [5, 5.41) is 21.7. The van der Waals surface area contributed by atoms with Gasteiger partial charge in [0.1, 0.15) is 20.2 Å². The highest BCUT2D eigenvalue weighted by Crippen LogP contribution is 2.43. The summed E-state index contributed by atoms with van der Waals surface area (Å²) in [5.74, 6) is 1.69. The Morgan fingerprint density at radius 2 is 1.13 bits per heavy atom. The zero-order valence-electron chi connectivity index (χ0n) is 42.0. The van der Waals surface area contributed by atoms with Crippen molar-refractivity contribution in [3.05, 3.63) is 85.3 Å². The fraction of sp³-hybridized carbons (Fsp3) is 0.294. The van der Waals surface area contributed by atoms with Crippen molar-refractivity contribution in [3.8, 4) is 39.5 Å². The largest absolute Gasteiger partial charge is 0.492 e. The van der Waals surface area contributed by atoms with Crippen LogP contribution in [0.15, 0.2) is 60.0 Å². The van der Waals surface area contributed by atoms with E-state index in [1.54, 1.807) is 43.1 Å². The fourth-order valence-corrected chi connectivity index (χ4v) is 10.9. The van der Waals surface area contributed by atoms with Crippen molar-refractivity contribution in [2.45, 2.75) is 84.8 Å². The lowest BCUT2D eigenvalue weighted by atomic mass is 10.1. The zero-order chi connectivity index (χ0) is 54.2. The number of aliphatic hydroxyl groups is 1. The molecule has 11 N–H and O–H groups in total. The topological polar surface area (TPSA) is 331 Å². The van der Waals surface area contributed by atoms with Gasteiger partial charge in [-0.1, -0.05) is 11.6 Å². The van der Waals surface area contributed by atoms with Crippen LogP contribution in [0.25, 0.3) is 64.4 Å². The van der Waals surface area contributed by atoms with Gasteiger partial charge in [-0.2, -0.15) is 0 Å². The Morgan fingerprint density at radius 1 is 0.684 bits per heavy atom. The maximum atomic E-state index is 12.0. The zero-order valence-corrected chi connectivity index (χ0v) is 45.2.